The first-order valence-corrected chi connectivity index (χ1v) is 7.22. The Bertz CT molecular complexity index is 743. The average Bonchev–Trinajstić information content (AvgIpc) is 2.80. The van der Waals surface area contributed by atoms with Crippen LogP contribution in [-0.2, 0) is 20.7 Å². The van der Waals surface area contributed by atoms with Gasteiger partial charge in [-0.3, -0.25) is 4.79 Å². The van der Waals surface area contributed by atoms with Gasteiger partial charge in [0.05, 0.1) is 24.6 Å². The highest BCUT2D eigenvalue weighted by atomic mass is 16.6. The molecule has 0 aliphatic carbocycles. The van der Waals surface area contributed by atoms with Crippen molar-refractivity contribution in [3.05, 3.63) is 24.0 Å². The van der Waals surface area contributed by atoms with Crippen molar-refractivity contribution in [1.82, 2.24) is 9.55 Å². The van der Waals surface area contributed by atoms with Crippen LogP contribution in [0.4, 0.5) is 4.79 Å². The summed E-state index contributed by atoms with van der Waals surface area (Å²) in [4.78, 5) is 28.2. The van der Waals surface area contributed by atoms with Gasteiger partial charge in [-0.15, -0.1) is 0 Å². The number of nitrogens with zero attached hydrogens (tertiary/aromatic N) is 2. The van der Waals surface area contributed by atoms with Gasteiger partial charge in [0.2, 0.25) is 0 Å². The van der Waals surface area contributed by atoms with E-state index in [0.29, 0.717) is 16.9 Å². The Kier molecular flexibility index (Phi) is 4.58. The van der Waals surface area contributed by atoms with Gasteiger partial charge in [-0.05, 0) is 32.9 Å². The van der Waals surface area contributed by atoms with Gasteiger partial charge in [0, 0.05) is 12.5 Å². The molecule has 0 fully saturated rings. The molecule has 0 aliphatic heterocycles. The van der Waals surface area contributed by atoms with Crippen LogP contribution in [0.25, 0.3) is 11.0 Å². The molecular weight excluding hydrogens is 300 g/mol. The number of phenols is 1. The summed E-state index contributed by atoms with van der Waals surface area (Å²) < 4.78 is 11.3. The number of rotatable bonds is 3. The van der Waals surface area contributed by atoms with Gasteiger partial charge in [0.1, 0.15) is 17.2 Å². The molecule has 124 valence electrons. The van der Waals surface area contributed by atoms with Crippen molar-refractivity contribution in [2.75, 3.05) is 7.11 Å². The van der Waals surface area contributed by atoms with E-state index in [1.54, 1.807) is 26.8 Å². The maximum absolute atomic E-state index is 12.5. The number of imidazole rings is 1. The highest BCUT2D eigenvalue weighted by Gasteiger charge is 2.23. The molecule has 2 aromatic rings. The third-order valence-corrected chi connectivity index (χ3v) is 3.06. The van der Waals surface area contributed by atoms with Crippen molar-refractivity contribution in [3.8, 4) is 5.75 Å². The van der Waals surface area contributed by atoms with E-state index in [9.17, 15) is 14.7 Å². The molecule has 23 heavy (non-hydrogen) atoms. The first-order valence-electron chi connectivity index (χ1n) is 7.22. The SMILES string of the molecule is COC(=O)CCc1nc2ccc(O)cc2n1C(=O)OC(C)(C)C. The van der Waals surface area contributed by atoms with E-state index in [-0.39, 0.29) is 18.6 Å². The zero-order chi connectivity index (χ0) is 17.2. The zero-order valence-electron chi connectivity index (χ0n) is 13.6. The minimum Gasteiger partial charge on any atom is -0.508 e. The maximum atomic E-state index is 12.5. The number of hydrogen-bond acceptors (Lipinski definition) is 6. The van der Waals surface area contributed by atoms with Crippen molar-refractivity contribution in [2.45, 2.75) is 39.2 Å². The van der Waals surface area contributed by atoms with E-state index in [4.69, 9.17) is 4.74 Å². The smallest absolute Gasteiger partial charge is 0.420 e. The summed E-state index contributed by atoms with van der Waals surface area (Å²) in [6, 6.07) is 4.53. The Balaban J connectivity index is 2.46. The molecule has 7 nitrogen and oxygen atoms in total. The highest BCUT2D eigenvalue weighted by Crippen LogP contribution is 2.23. The topological polar surface area (TPSA) is 90.6 Å². The predicted molar refractivity (Wildman–Crippen MR) is 83.4 cm³/mol. The van der Waals surface area contributed by atoms with Crippen LogP contribution >= 0.6 is 0 Å². The first-order chi connectivity index (χ1) is 10.7. The quantitative estimate of drug-likeness (QED) is 0.874. The molecule has 1 N–H and O–H groups in total. The third kappa shape index (κ3) is 4.00. The van der Waals surface area contributed by atoms with Crippen molar-refractivity contribution >= 4 is 23.1 Å². The van der Waals surface area contributed by atoms with Crippen molar-refractivity contribution < 1.29 is 24.2 Å². The van der Waals surface area contributed by atoms with E-state index in [1.807, 2.05) is 0 Å². The summed E-state index contributed by atoms with van der Waals surface area (Å²) in [5.74, 6) is 0.00242. The van der Waals surface area contributed by atoms with Gasteiger partial charge in [-0.1, -0.05) is 0 Å². The minimum atomic E-state index is -0.676. The molecule has 2 rings (SSSR count). The molecule has 0 saturated carbocycles. The summed E-state index contributed by atoms with van der Waals surface area (Å²) in [6.07, 6.45) is -0.291. The van der Waals surface area contributed by atoms with Crippen LogP contribution < -0.4 is 0 Å². The van der Waals surface area contributed by atoms with Gasteiger partial charge in [0.25, 0.3) is 0 Å². The lowest BCUT2D eigenvalue weighted by molar-refractivity contribution is -0.140. The largest absolute Gasteiger partial charge is 0.508 e. The second-order valence-electron chi connectivity index (χ2n) is 6.09. The second kappa shape index (κ2) is 6.28. The Hall–Kier alpha value is -2.57. The number of esters is 1. The van der Waals surface area contributed by atoms with Crippen LogP contribution in [0.3, 0.4) is 0 Å². The van der Waals surface area contributed by atoms with Crippen molar-refractivity contribution in [3.63, 3.8) is 0 Å². The van der Waals surface area contributed by atoms with Crippen LogP contribution in [0.1, 0.15) is 33.0 Å². The molecule has 0 saturated heterocycles. The van der Waals surface area contributed by atoms with E-state index in [1.165, 1.54) is 23.8 Å². The number of carbonyl (C=O) groups is 2. The summed E-state index contributed by atoms with van der Waals surface area (Å²) in [5, 5.41) is 9.67. The minimum absolute atomic E-state index is 0.0155. The molecule has 1 heterocycles. The molecule has 7 heteroatoms. The van der Waals surface area contributed by atoms with E-state index >= 15 is 0 Å². The average molecular weight is 320 g/mol. The fraction of sp³-hybridized carbons (Fsp3) is 0.438. The maximum Gasteiger partial charge on any atom is 0.420 e. The van der Waals surface area contributed by atoms with Gasteiger partial charge in [0.15, 0.2) is 0 Å². The molecule has 0 bridgehead atoms. The zero-order valence-corrected chi connectivity index (χ0v) is 13.6. The molecule has 1 aromatic carbocycles. The van der Waals surface area contributed by atoms with Crippen LogP contribution in [0, 0.1) is 0 Å². The number of methoxy groups -OCH3 is 1. The summed E-state index contributed by atoms with van der Waals surface area (Å²) in [6.45, 7) is 5.28. The number of hydrogen-bond donors (Lipinski definition) is 1. The summed E-state index contributed by atoms with van der Waals surface area (Å²) in [7, 11) is 1.30. The molecule has 0 aliphatic rings. The van der Waals surface area contributed by atoms with Crippen molar-refractivity contribution in [2.24, 2.45) is 0 Å². The molecule has 1 aromatic heterocycles. The third-order valence-electron chi connectivity index (χ3n) is 3.06. The lowest BCUT2D eigenvalue weighted by Crippen LogP contribution is -2.28. The molecular formula is C16H20N2O5. The number of phenolic OH excluding ortho intramolecular Hbond substituents is 1. The number of aryl methyl sites for hydroxylation is 1. The van der Waals surface area contributed by atoms with Gasteiger partial charge in [-0.25, -0.2) is 14.3 Å². The molecule has 0 radical (unpaired) electrons. The number of ether oxygens (including phenoxy) is 2. The lowest BCUT2D eigenvalue weighted by atomic mass is 10.2. The standard InChI is InChI=1S/C16H20N2O5/c1-16(2,3)23-15(21)18-12-9-10(19)5-6-11(12)17-13(18)7-8-14(20)22-4/h5-6,9,19H,7-8H2,1-4H3. The Morgan fingerprint density at radius 1 is 1.30 bits per heavy atom. The van der Waals surface area contributed by atoms with Gasteiger partial charge < -0.3 is 14.6 Å². The Morgan fingerprint density at radius 2 is 2.00 bits per heavy atom. The monoisotopic (exact) mass is 320 g/mol. The fourth-order valence-electron chi connectivity index (χ4n) is 2.11. The molecule has 0 spiro atoms. The summed E-state index contributed by atoms with van der Waals surface area (Å²) in [5.41, 5.74) is 0.289. The van der Waals surface area contributed by atoms with Crippen LogP contribution in [-0.4, -0.2) is 39.4 Å². The molecule has 0 unspecified atom stereocenters. The van der Waals surface area contributed by atoms with E-state index in [2.05, 4.69) is 9.72 Å². The van der Waals surface area contributed by atoms with Crippen molar-refractivity contribution in [1.29, 1.82) is 0 Å². The predicted octanol–water partition coefficient (Wildman–Crippen LogP) is 2.63. The first kappa shape index (κ1) is 16.8. The lowest BCUT2D eigenvalue weighted by Gasteiger charge is -2.20. The molecule has 0 amide bonds. The van der Waals surface area contributed by atoms with Crippen LogP contribution in [0.5, 0.6) is 5.75 Å². The van der Waals surface area contributed by atoms with Gasteiger partial charge in [-0.2, -0.15) is 0 Å². The fourth-order valence-corrected chi connectivity index (χ4v) is 2.11. The number of aromatic hydroxyl groups is 1. The highest BCUT2D eigenvalue weighted by molar-refractivity contribution is 5.88. The number of fused-ring (bicyclic) bond motifs is 1. The Labute approximate surface area is 133 Å². The summed E-state index contributed by atoms with van der Waals surface area (Å²) >= 11 is 0. The molecule has 0 atom stereocenters. The number of benzene rings is 1. The second-order valence-corrected chi connectivity index (χ2v) is 6.09. The number of aromatic nitrogens is 2. The van der Waals surface area contributed by atoms with Crippen LogP contribution in [0.2, 0.25) is 0 Å². The Morgan fingerprint density at radius 3 is 2.61 bits per heavy atom. The van der Waals surface area contributed by atoms with Gasteiger partial charge >= 0.3 is 12.1 Å². The van der Waals surface area contributed by atoms with Crippen LogP contribution in [0.15, 0.2) is 18.2 Å². The number of carbonyl (C=O) groups excluding carboxylic acids is 2. The van der Waals surface area contributed by atoms with E-state index < -0.39 is 17.7 Å². The van der Waals surface area contributed by atoms with E-state index in [0.717, 1.165) is 0 Å². The normalized spacial score (nSPS) is 11.5.